The van der Waals surface area contributed by atoms with E-state index in [9.17, 15) is 0 Å². The van der Waals surface area contributed by atoms with Crippen molar-refractivity contribution in [2.24, 2.45) is 0 Å². The van der Waals surface area contributed by atoms with Crippen molar-refractivity contribution in [1.82, 2.24) is 19.1 Å². The SMILES string of the molecule is COc1ccc(Cn2cnc3ccc(-n4cnc(C)c4)cc3c2=N)cc1Cl. The monoisotopic (exact) mass is 379 g/mol. The molecule has 27 heavy (non-hydrogen) atoms. The largest absolute Gasteiger partial charge is 0.495 e. The Morgan fingerprint density at radius 3 is 2.67 bits per heavy atom. The highest BCUT2D eigenvalue weighted by atomic mass is 35.5. The fourth-order valence-corrected chi connectivity index (χ4v) is 3.30. The van der Waals surface area contributed by atoms with E-state index in [0.717, 1.165) is 27.8 Å². The van der Waals surface area contributed by atoms with Gasteiger partial charge in [0.05, 0.1) is 42.5 Å². The molecule has 0 amide bonds. The second-order valence-corrected chi connectivity index (χ2v) is 6.72. The number of hydrogen-bond donors (Lipinski definition) is 1. The molecule has 0 aliphatic carbocycles. The number of aryl methyl sites for hydroxylation is 1. The lowest BCUT2D eigenvalue weighted by Crippen LogP contribution is -2.21. The summed E-state index contributed by atoms with van der Waals surface area (Å²) in [6, 6.07) is 11.5. The molecule has 0 unspecified atom stereocenters. The first-order valence-corrected chi connectivity index (χ1v) is 8.80. The van der Waals surface area contributed by atoms with Crippen LogP contribution in [0, 0.1) is 12.3 Å². The van der Waals surface area contributed by atoms with Crippen LogP contribution in [0.15, 0.2) is 55.2 Å². The van der Waals surface area contributed by atoms with Gasteiger partial charge in [-0.15, -0.1) is 0 Å². The molecule has 4 aromatic rings. The molecule has 0 saturated carbocycles. The van der Waals surface area contributed by atoms with E-state index in [1.165, 1.54) is 0 Å². The van der Waals surface area contributed by atoms with Gasteiger partial charge in [0.15, 0.2) is 0 Å². The molecule has 0 saturated heterocycles. The van der Waals surface area contributed by atoms with Crippen LogP contribution in [0.5, 0.6) is 5.75 Å². The summed E-state index contributed by atoms with van der Waals surface area (Å²) in [7, 11) is 1.59. The molecule has 0 bridgehead atoms. The lowest BCUT2D eigenvalue weighted by molar-refractivity contribution is 0.415. The molecule has 0 atom stereocenters. The van der Waals surface area contributed by atoms with Crippen LogP contribution in [0.3, 0.4) is 0 Å². The van der Waals surface area contributed by atoms with E-state index in [0.29, 0.717) is 22.8 Å². The first-order valence-electron chi connectivity index (χ1n) is 8.42. The van der Waals surface area contributed by atoms with Crippen molar-refractivity contribution in [3.63, 3.8) is 0 Å². The summed E-state index contributed by atoms with van der Waals surface area (Å²) in [6.45, 7) is 2.45. The second kappa shape index (κ2) is 6.89. The minimum absolute atomic E-state index is 0.394. The summed E-state index contributed by atoms with van der Waals surface area (Å²) in [5, 5.41) is 9.95. The zero-order valence-electron chi connectivity index (χ0n) is 15.0. The molecule has 0 spiro atoms. The van der Waals surface area contributed by atoms with Crippen molar-refractivity contribution in [3.8, 4) is 11.4 Å². The number of imidazole rings is 1. The molecule has 0 aliphatic heterocycles. The Balaban J connectivity index is 1.74. The first kappa shape index (κ1) is 17.3. The van der Waals surface area contributed by atoms with Gasteiger partial charge in [0.25, 0.3) is 0 Å². The average Bonchev–Trinajstić information content (AvgIpc) is 3.10. The van der Waals surface area contributed by atoms with E-state index >= 15 is 0 Å². The number of nitrogens with zero attached hydrogens (tertiary/aromatic N) is 4. The van der Waals surface area contributed by atoms with Crippen LogP contribution >= 0.6 is 11.6 Å². The van der Waals surface area contributed by atoms with Gasteiger partial charge in [-0.1, -0.05) is 17.7 Å². The highest BCUT2D eigenvalue weighted by Crippen LogP contribution is 2.25. The van der Waals surface area contributed by atoms with Crippen LogP contribution in [0.25, 0.3) is 16.6 Å². The fourth-order valence-electron chi connectivity index (χ4n) is 3.02. The second-order valence-electron chi connectivity index (χ2n) is 6.31. The summed E-state index contributed by atoms with van der Waals surface area (Å²) in [4.78, 5) is 8.76. The molecule has 4 rings (SSSR count). The number of benzene rings is 2. The predicted molar refractivity (Wildman–Crippen MR) is 105 cm³/mol. The zero-order valence-corrected chi connectivity index (χ0v) is 15.7. The van der Waals surface area contributed by atoms with Crippen molar-refractivity contribution in [1.29, 1.82) is 5.41 Å². The number of ether oxygens (including phenoxy) is 1. The fraction of sp³-hybridized carbons (Fsp3) is 0.150. The third-order valence-corrected chi connectivity index (χ3v) is 4.73. The molecule has 7 heteroatoms. The van der Waals surface area contributed by atoms with Gasteiger partial charge in [-0.2, -0.15) is 0 Å². The van der Waals surface area contributed by atoms with Crippen LogP contribution in [-0.4, -0.2) is 26.2 Å². The van der Waals surface area contributed by atoms with Gasteiger partial charge in [0.2, 0.25) is 0 Å². The van der Waals surface area contributed by atoms with Crippen LogP contribution in [0.1, 0.15) is 11.3 Å². The molecular weight excluding hydrogens is 362 g/mol. The quantitative estimate of drug-likeness (QED) is 0.587. The van der Waals surface area contributed by atoms with E-state index in [1.54, 1.807) is 24.3 Å². The molecule has 6 nitrogen and oxygen atoms in total. The number of hydrogen-bond acceptors (Lipinski definition) is 4. The van der Waals surface area contributed by atoms with E-state index in [-0.39, 0.29) is 0 Å². The molecule has 0 aliphatic rings. The number of nitrogens with one attached hydrogen (secondary N) is 1. The van der Waals surface area contributed by atoms with Gasteiger partial charge in [-0.05, 0) is 42.8 Å². The van der Waals surface area contributed by atoms with Gasteiger partial charge in [-0.3, -0.25) is 5.41 Å². The summed E-state index contributed by atoms with van der Waals surface area (Å²) in [5.41, 5.74) is 4.04. The minimum Gasteiger partial charge on any atom is -0.495 e. The molecular formula is C20H18ClN5O. The van der Waals surface area contributed by atoms with Crippen LogP contribution in [-0.2, 0) is 6.54 Å². The predicted octanol–water partition coefficient (Wildman–Crippen LogP) is 3.72. The molecule has 136 valence electrons. The van der Waals surface area contributed by atoms with Gasteiger partial charge < -0.3 is 13.9 Å². The highest BCUT2D eigenvalue weighted by molar-refractivity contribution is 6.32. The Bertz CT molecular complexity index is 1190. The molecule has 0 radical (unpaired) electrons. The Hall–Kier alpha value is -3.12. The van der Waals surface area contributed by atoms with Gasteiger partial charge in [0.1, 0.15) is 11.2 Å². The topological polar surface area (TPSA) is 68.7 Å². The van der Waals surface area contributed by atoms with E-state index in [1.807, 2.05) is 54.1 Å². The standard InChI is InChI=1S/C20H18ClN5O/c1-13-9-25(11-23-13)15-4-5-18-16(8-15)20(22)26(12-24-18)10-14-3-6-19(27-2)17(21)7-14/h3-9,11-12,22H,10H2,1-2H3. The lowest BCUT2D eigenvalue weighted by atomic mass is 10.2. The van der Waals surface area contributed by atoms with Crippen LogP contribution in [0.2, 0.25) is 5.02 Å². The third-order valence-electron chi connectivity index (χ3n) is 4.44. The normalized spacial score (nSPS) is 11.1. The van der Waals surface area contributed by atoms with Crippen molar-refractivity contribution in [3.05, 3.63) is 77.0 Å². The summed E-state index contributed by atoms with van der Waals surface area (Å²) < 4.78 is 8.93. The number of fused-ring (bicyclic) bond motifs is 1. The number of methoxy groups -OCH3 is 1. The maximum absolute atomic E-state index is 8.63. The maximum Gasteiger partial charge on any atom is 0.137 e. The smallest absolute Gasteiger partial charge is 0.137 e. The first-order chi connectivity index (χ1) is 13.0. The zero-order chi connectivity index (χ0) is 19.0. The average molecular weight is 380 g/mol. The minimum atomic E-state index is 0.394. The highest BCUT2D eigenvalue weighted by Gasteiger charge is 2.07. The number of halogens is 1. The van der Waals surface area contributed by atoms with Crippen LogP contribution in [0.4, 0.5) is 0 Å². The van der Waals surface area contributed by atoms with E-state index < -0.39 is 0 Å². The summed E-state index contributed by atoms with van der Waals surface area (Å²) >= 11 is 6.22. The van der Waals surface area contributed by atoms with Crippen molar-refractivity contribution in [2.45, 2.75) is 13.5 Å². The van der Waals surface area contributed by atoms with E-state index in [2.05, 4.69) is 9.97 Å². The molecule has 2 aromatic carbocycles. The summed E-state index contributed by atoms with van der Waals surface area (Å²) in [5.74, 6) is 0.633. The van der Waals surface area contributed by atoms with Gasteiger partial charge >= 0.3 is 0 Å². The molecule has 2 heterocycles. The molecule has 0 fully saturated rings. The maximum atomic E-state index is 8.63. The van der Waals surface area contributed by atoms with Gasteiger partial charge in [-0.25, -0.2) is 9.97 Å². The lowest BCUT2D eigenvalue weighted by Gasteiger charge is -2.11. The Morgan fingerprint density at radius 2 is 1.96 bits per heavy atom. The third kappa shape index (κ3) is 3.31. The van der Waals surface area contributed by atoms with Crippen LogP contribution < -0.4 is 10.2 Å². The van der Waals surface area contributed by atoms with Gasteiger partial charge in [0, 0.05) is 17.3 Å². The number of aromatic nitrogens is 4. The Kier molecular flexibility index (Phi) is 4.41. The van der Waals surface area contributed by atoms with E-state index in [4.69, 9.17) is 21.7 Å². The molecule has 1 N–H and O–H groups in total. The Labute approximate surface area is 161 Å². The Morgan fingerprint density at radius 1 is 1.11 bits per heavy atom. The molecule has 2 aromatic heterocycles. The van der Waals surface area contributed by atoms with Crippen molar-refractivity contribution in [2.75, 3.05) is 7.11 Å². The summed E-state index contributed by atoms with van der Waals surface area (Å²) in [6.07, 6.45) is 5.41. The van der Waals surface area contributed by atoms with Crippen molar-refractivity contribution < 1.29 is 4.74 Å². The number of rotatable bonds is 4. The van der Waals surface area contributed by atoms with Crippen molar-refractivity contribution >= 4 is 22.5 Å².